The maximum Gasteiger partial charge on any atom is 0.387 e. The van der Waals surface area contributed by atoms with Crippen LogP contribution in [0.4, 0.5) is 13.2 Å². The predicted octanol–water partition coefficient (Wildman–Crippen LogP) is 3.11. The van der Waals surface area contributed by atoms with Crippen molar-refractivity contribution < 1.29 is 27.4 Å². The Labute approximate surface area is 97.1 Å². The van der Waals surface area contributed by atoms with Crippen LogP contribution in [0.3, 0.4) is 0 Å². The van der Waals surface area contributed by atoms with E-state index in [1.165, 1.54) is 6.92 Å². The highest BCUT2D eigenvalue weighted by atomic mass is 19.3. The number of alkyl halides is 2. The van der Waals surface area contributed by atoms with Gasteiger partial charge < -0.3 is 14.2 Å². The maximum absolute atomic E-state index is 13.1. The first-order valence-electron chi connectivity index (χ1n) is 5.00. The molecule has 0 heterocycles. The van der Waals surface area contributed by atoms with Crippen molar-refractivity contribution in [2.45, 2.75) is 20.5 Å². The average Bonchev–Trinajstić information content (AvgIpc) is 2.24. The standard InChI is InChI=1S/C11H13F3O3/c1-3-15-6-16-9-4-8(12)5-10(7(9)2)17-11(13)14/h4-5,11H,3,6H2,1-2H3. The molecule has 0 fully saturated rings. The fourth-order valence-corrected chi connectivity index (χ4v) is 1.19. The van der Waals surface area contributed by atoms with Crippen LogP contribution in [-0.4, -0.2) is 20.0 Å². The van der Waals surface area contributed by atoms with Crippen molar-refractivity contribution in [1.29, 1.82) is 0 Å². The fraction of sp³-hybridized carbons (Fsp3) is 0.455. The Morgan fingerprint density at radius 2 is 1.88 bits per heavy atom. The third kappa shape index (κ3) is 4.14. The van der Waals surface area contributed by atoms with E-state index < -0.39 is 12.4 Å². The smallest absolute Gasteiger partial charge is 0.387 e. The van der Waals surface area contributed by atoms with Crippen LogP contribution >= 0.6 is 0 Å². The van der Waals surface area contributed by atoms with Crippen molar-refractivity contribution in [2.24, 2.45) is 0 Å². The van der Waals surface area contributed by atoms with Gasteiger partial charge in [0.1, 0.15) is 17.3 Å². The molecule has 0 spiro atoms. The minimum absolute atomic E-state index is 0.0745. The van der Waals surface area contributed by atoms with Crippen molar-refractivity contribution in [2.75, 3.05) is 13.4 Å². The molecular weight excluding hydrogens is 237 g/mol. The number of hydrogen-bond donors (Lipinski definition) is 0. The van der Waals surface area contributed by atoms with Crippen molar-refractivity contribution in [3.63, 3.8) is 0 Å². The van der Waals surface area contributed by atoms with E-state index in [-0.39, 0.29) is 18.3 Å². The second-order valence-corrected chi connectivity index (χ2v) is 3.16. The van der Waals surface area contributed by atoms with Gasteiger partial charge >= 0.3 is 6.61 Å². The summed E-state index contributed by atoms with van der Waals surface area (Å²) in [7, 11) is 0. The van der Waals surface area contributed by atoms with Gasteiger partial charge in [0, 0.05) is 24.3 Å². The third-order valence-corrected chi connectivity index (χ3v) is 2.00. The molecule has 96 valence electrons. The SMILES string of the molecule is CCOCOc1cc(F)cc(OC(F)F)c1C. The van der Waals surface area contributed by atoms with Gasteiger partial charge in [-0.25, -0.2) is 4.39 Å². The molecule has 0 aliphatic heterocycles. The van der Waals surface area contributed by atoms with E-state index in [0.717, 1.165) is 12.1 Å². The second kappa shape index (κ2) is 6.34. The lowest BCUT2D eigenvalue weighted by atomic mass is 10.2. The molecule has 0 atom stereocenters. The molecule has 0 saturated heterocycles. The van der Waals surface area contributed by atoms with Gasteiger partial charge in [0.2, 0.25) is 0 Å². The van der Waals surface area contributed by atoms with Crippen LogP contribution in [0.5, 0.6) is 11.5 Å². The lowest BCUT2D eigenvalue weighted by Gasteiger charge is -2.13. The summed E-state index contributed by atoms with van der Waals surface area (Å²) in [4.78, 5) is 0. The van der Waals surface area contributed by atoms with Gasteiger partial charge in [0.15, 0.2) is 6.79 Å². The van der Waals surface area contributed by atoms with Gasteiger partial charge in [-0.2, -0.15) is 8.78 Å². The van der Waals surface area contributed by atoms with Gasteiger partial charge in [-0.05, 0) is 13.8 Å². The lowest BCUT2D eigenvalue weighted by molar-refractivity contribution is -0.0507. The number of hydrogen-bond acceptors (Lipinski definition) is 3. The fourth-order valence-electron chi connectivity index (χ4n) is 1.19. The minimum Gasteiger partial charge on any atom is -0.467 e. The van der Waals surface area contributed by atoms with E-state index in [1.54, 1.807) is 6.92 Å². The number of ether oxygens (including phenoxy) is 3. The summed E-state index contributed by atoms with van der Waals surface area (Å²) in [6, 6.07) is 1.97. The van der Waals surface area contributed by atoms with E-state index in [0.29, 0.717) is 12.2 Å². The van der Waals surface area contributed by atoms with E-state index in [9.17, 15) is 13.2 Å². The van der Waals surface area contributed by atoms with Crippen molar-refractivity contribution >= 4 is 0 Å². The van der Waals surface area contributed by atoms with Gasteiger partial charge in [-0.1, -0.05) is 0 Å². The van der Waals surface area contributed by atoms with Gasteiger partial charge in [-0.15, -0.1) is 0 Å². The van der Waals surface area contributed by atoms with Crippen LogP contribution in [0.25, 0.3) is 0 Å². The summed E-state index contributed by atoms with van der Waals surface area (Å²) < 4.78 is 51.4. The molecule has 0 aromatic heterocycles. The quantitative estimate of drug-likeness (QED) is 0.573. The Morgan fingerprint density at radius 1 is 1.24 bits per heavy atom. The van der Waals surface area contributed by atoms with E-state index in [2.05, 4.69) is 4.74 Å². The highest BCUT2D eigenvalue weighted by molar-refractivity contribution is 5.44. The molecule has 3 nitrogen and oxygen atoms in total. The Hall–Kier alpha value is -1.43. The summed E-state index contributed by atoms with van der Waals surface area (Å²) in [6.07, 6.45) is 0. The molecular formula is C11H13F3O3. The zero-order chi connectivity index (χ0) is 12.8. The van der Waals surface area contributed by atoms with Crippen LogP contribution in [0, 0.1) is 12.7 Å². The third-order valence-electron chi connectivity index (χ3n) is 2.00. The zero-order valence-corrected chi connectivity index (χ0v) is 9.50. The van der Waals surface area contributed by atoms with E-state index in [1.807, 2.05) is 0 Å². The molecule has 1 aromatic carbocycles. The Bertz CT molecular complexity index is 369. The molecule has 0 N–H and O–H groups in total. The molecule has 1 rings (SSSR count). The first-order valence-corrected chi connectivity index (χ1v) is 5.00. The summed E-state index contributed by atoms with van der Waals surface area (Å²) in [5.74, 6) is -0.835. The molecule has 1 aromatic rings. The summed E-state index contributed by atoms with van der Waals surface area (Å²) in [6.45, 7) is 0.630. The highest BCUT2D eigenvalue weighted by Crippen LogP contribution is 2.30. The predicted molar refractivity (Wildman–Crippen MR) is 54.9 cm³/mol. The maximum atomic E-state index is 13.1. The molecule has 0 amide bonds. The number of halogens is 3. The average molecular weight is 250 g/mol. The molecule has 0 saturated carbocycles. The summed E-state index contributed by atoms with van der Waals surface area (Å²) >= 11 is 0. The van der Waals surface area contributed by atoms with Gasteiger partial charge in [-0.3, -0.25) is 0 Å². The van der Waals surface area contributed by atoms with Gasteiger partial charge in [0.25, 0.3) is 0 Å². The number of benzene rings is 1. The topological polar surface area (TPSA) is 27.7 Å². The van der Waals surface area contributed by atoms with Crippen molar-refractivity contribution in [3.8, 4) is 11.5 Å². The Morgan fingerprint density at radius 3 is 2.47 bits per heavy atom. The second-order valence-electron chi connectivity index (χ2n) is 3.16. The normalized spacial score (nSPS) is 10.7. The van der Waals surface area contributed by atoms with Crippen LogP contribution < -0.4 is 9.47 Å². The molecule has 0 radical (unpaired) electrons. The molecule has 0 unspecified atom stereocenters. The largest absolute Gasteiger partial charge is 0.467 e. The van der Waals surface area contributed by atoms with E-state index >= 15 is 0 Å². The van der Waals surface area contributed by atoms with Gasteiger partial charge in [0.05, 0.1) is 0 Å². The Kier molecular flexibility index (Phi) is 5.09. The van der Waals surface area contributed by atoms with Crippen LogP contribution in [0.2, 0.25) is 0 Å². The highest BCUT2D eigenvalue weighted by Gasteiger charge is 2.13. The first kappa shape index (κ1) is 13.6. The molecule has 17 heavy (non-hydrogen) atoms. The number of rotatable bonds is 6. The van der Waals surface area contributed by atoms with Crippen molar-refractivity contribution in [3.05, 3.63) is 23.5 Å². The zero-order valence-electron chi connectivity index (χ0n) is 9.50. The first-order chi connectivity index (χ1) is 8.04. The molecule has 0 bridgehead atoms. The monoisotopic (exact) mass is 250 g/mol. The minimum atomic E-state index is -3.00. The van der Waals surface area contributed by atoms with E-state index in [4.69, 9.17) is 9.47 Å². The van der Waals surface area contributed by atoms with Crippen LogP contribution in [-0.2, 0) is 4.74 Å². The Balaban J connectivity index is 2.85. The van der Waals surface area contributed by atoms with Crippen molar-refractivity contribution in [1.82, 2.24) is 0 Å². The molecule has 0 aliphatic rings. The van der Waals surface area contributed by atoms with Crippen LogP contribution in [0.1, 0.15) is 12.5 Å². The summed E-state index contributed by atoms with van der Waals surface area (Å²) in [5.41, 5.74) is 0.298. The summed E-state index contributed by atoms with van der Waals surface area (Å²) in [5, 5.41) is 0. The van der Waals surface area contributed by atoms with Crippen LogP contribution in [0.15, 0.2) is 12.1 Å². The molecule has 6 heteroatoms. The molecule has 0 aliphatic carbocycles. The lowest BCUT2D eigenvalue weighted by Crippen LogP contribution is -2.07.